The predicted molar refractivity (Wildman–Crippen MR) is 105 cm³/mol. The second kappa shape index (κ2) is 7.98. The summed E-state index contributed by atoms with van der Waals surface area (Å²) >= 11 is 0. The number of hydrogen-bond acceptors (Lipinski definition) is 4. The highest BCUT2D eigenvalue weighted by Crippen LogP contribution is 2.34. The van der Waals surface area contributed by atoms with Crippen molar-refractivity contribution >= 4 is 16.9 Å². The topological polar surface area (TPSA) is 72.5 Å². The molecule has 0 radical (unpaired) electrons. The lowest BCUT2D eigenvalue weighted by Gasteiger charge is -2.34. The minimum absolute atomic E-state index is 0.164. The molecule has 0 bridgehead atoms. The lowest BCUT2D eigenvalue weighted by molar-refractivity contribution is -0.130. The first-order valence-electron chi connectivity index (χ1n) is 10.2. The molecule has 0 unspecified atom stereocenters. The fraction of sp³-hybridized carbons (Fsp3) is 0.619. The van der Waals surface area contributed by atoms with Crippen molar-refractivity contribution in [2.24, 2.45) is 5.92 Å². The average molecular weight is 370 g/mol. The molecule has 146 valence electrons. The van der Waals surface area contributed by atoms with Crippen LogP contribution in [0.5, 0.6) is 0 Å². The van der Waals surface area contributed by atoms with Crippen LogP contribution in [0, 0.1) is 5.92 Å². The second-order valence-electron chi connectivity index (χ2n) is 8.15. The highest BCUT2D eigenvalue weighted by atomic mass is 16.3. The number of nitrogens with one attached hydrogen (secondary N) is 1. The third kappa shape index (κ3) is 3.87. The Morgan fingerprint density at radius 1 is 1.30 bits per heavy atom. The van der Waals surface area contributed by atoms with Gasteiger partial charge in [0, 0.05) is 62.9 Å². The van der Waals surface area contributed by atoms with E-state index in [0.717, 1.165) is 64.1 Å². The van der Waals surface area contributed by atoms with Gasteiger partial charge in [-0.2, -0.15) is 0 Å². The quantitative estimate of drug-likeness (QED) is 0.867. The minimum Gasteiger partial charge on any atom is -0.396 e. The van der Waals surface area contributed by atoms with Crippen molar-refractivity contribution in [2.45, 2.75) is 45.1 Å². The molecule has 2 atom stereocenters. The number of aliphatic hydroxyl groups is 1. The number of amides is 1. The monoisotopic (exact) mass is 370 g/mol. The molecule has 2 saturated heterocycles. The van der Waals surface area contributed by atoms with E-state index in [1.165, 1.54) is 16.6 Å². The van der Waals surface area contributed by atoms with Gasteiger partial charge in [-0.1, -0.05) is 0 Å². The van der Waals surface area contributed by atoms with E-state index in [2.05, 4.69) is 20.9 Å². The molecule has 4 rings (SSSR count). The summed E-state index contributed by atoms with van der Waals surface area (Å²) in [7, 11) is 0. The molecule has 27 heavy (non-hydrogen) atoms. The van der Waals surface area contributed by atoms with Crippen LogP contribution in [0.2, 0.25) is 0 Å². The molecule has 0 aliphatic carbocycles. The molecule has 6 heteroatoms. The van der Waals surface area contributed by atoms with Crippen molar-refractivity contribution in [1.82, 2.24) is 19.8 Å². The summed E-state index contributed by atoms with van der Waals surface area (Å²) in [5, 5.41) is 10.8. The number of aromatic amines is 1. The number of nitrogens with zero attached hydrogens (tertiary/aromatic N) is 3. The summed E-state index contributed by atoms with van der Waals surface area (Å²) in [6.45, 7) is 6.50. The van der Waals surface area contributed by atoms with Gasteiger partial charge >= 0.3 is 0 Å². The molecule has 0 saturated carbocycles. The molecular weight excluding hydrogens is 340 g/mol. The molecule has 0 aromatic carbocycles. The van der Waals surface area contributed by atoms with Crippen LogP contribution in [0.15, 0.2) is 18.3 Å². The molecule has 2 aromatic heterocycles. The maximum atomic E-state index is 11.9. The molecule has 4 heterocycles. The lowest BCUT2D eigenvalue weighted by Crippen LogP contribution is -2.39. The standard InChI is InChI=1S/C21H30N4O2/c1-15(27)25-10-4-6-17(12-25)20-19(18-7-2-8-22-21(18)23-20)13-24-9-3-5-16(11-24)14-26/h2,7-8,16-17,26H,3-6,9-14H2,1H3,(H,22,23)/t16-,17-/m0/s1. The SMILES string of the molecule is CC(=O)N1CCC[C@H](c2[nH]c3ncccc3c2CN2CCC[C@H](CO)C2)C1. The van der Waals surface area contributed by atoms with Gasteiger partial charge in [-0.05, 0) is 55.8 Å². The molecule has 2 aromatic rings. The number of H-pyrrole nitrogens is 1. The number of pyridine rings is 1. The minimum atomic E-state index is 0.164. The van der Waals surface area contributed by atoms with Crippen LogP contribution in [-0.4, -0.2) is 63.6 Å². The van der Waals surface area contributed by atoms with Gasteiger partial charge < -0.3 is 15.0 Å². The number of rotatable bonds is 4. The number of aliphatic hydroxyl groups excluding tert-OH is 1. The Bertz CT molecular complexity index is 803. The molecule has 2 fully saturated rings. The fourth-order valence-electron chi connectivity index (χ4n) is 4.78. The fourth-order valence-corrected chi connectivity index (χ4v) is 4.78. The maximum Gasteiger partial charge on any atom is 0.219 e. The zero-order valence-electron chi connectivity index (χ0n) is 16.2. The molecule has 6 nitrogen and oxygen atoms in total. The average Bonchev–Trinajstić information content (AvgIpc) is 3.07. The Kier molecular flexibility index (Phi) is 5.45. The zero-order chi connectivity index (χ0) is 18.8. The molecule has 1 amide bonds. The summed E-state index contributed by atoms with van der Waals surface area (Å²) in [6, 6.07) is 4.15. The Balaban J connectivity index is 1.64. The van der Waals surface area contributed by atoms with E-state index in [1.54, 1.807) is 6.92 Å². The Hall–Kier alpha value is -1.92. The number of likely N-dealkylation sites (tertiary alicyclic amines) is 2. The molecule has 2 aliphatic heterocycles. The van der Waals surface area contributed by atoms with Gasteiger partial charge in [-0.3, -0.25) is 9.69 Å². The van der Waals surface area contributed by atoms with Crippen LogP contribution in [-0.2, 0) is 11.3 Å². The summed E-state index contributed by atoms with van der Waals surface area (Å²) in [4.78, 5) is 24.5. The summed E-state index contributed by atoms with van der Waals surface area (Å²) in [5.74, 6) is 0.885. The van der Waals surface area contributed by atoms with E-state index in [1.807, 2.05) is 17.2 Å². The number of aromatic nitrogens is 2. The largest absolute Gasteiger partial charge is 0.396 e. The first-order valence-corrected chi connectivity index (χ1v) is 10.2. The van der Waals surface area contributed by atoms with Crippen molar-refractivity contribution in [1.29, 1.82) is 0 Å². The van der Waals surface area contributed by atoms with Crippen LogP contribution >= 0.6 is 0 Å². The smallest absolute Gasteiger partial charge is 0.219 e. The summed E-state index contributed by atoms with van der Waals surface area (Å²) in [6.07, 6.45) is 6.23. The predicted octanol–water partition coefficient (Wildman–Crippen LogP) is 2.49. The molecular formula is C21H30N4O2. The number of piperidine rings is 2. The van der Waals surface area contributed by atoms with Gasteiger partial charge in [0.15, 0.2) is 0 Å². The van der Waals surface area contributed by atoms with E-state index < -0.39 is 0 Å². The molecule has 2 N–H and O–H groups in total. The van der Waals surface area contributed by atoms with E-state index in [9.17, 15) is 9.90 Å². The van der Waals surface area contributed by atoms with Gasteiger partial charge in [0.25, 0.3) is 0 Å². The Morgan fingerprint density at radius 3 is 2.96 bits per heavy atom. The summed E-state index contributed by atoms with van der Waals surface area (Å²) < 4.78 is 0. The third-order valence-electron chi connectivity index (χ3n) is 6.23. The first-order chi connectivity index (χ1) is 13.2. The van der Waals surface area contributed by atoms with Gasteiger partial charge in [0.2, 0.25) is 5.91 Å². The third-order valence-corrected chi connectivity index (χ3v) is 6.23. The van der Waals surface area contributed by atoms with Gasteiger partial charge in [0.05, 0.1) is 0 Å². The van der Waals surface area contributed by atoms with Crippen LogP contribution in [0.4, 0.5) is 0 Å². The van der Waals surface area contributed by atoms with Crippen LogP contribution in [0.3, 0.4) is 0 Å². The first kappa shape index (κ1) is 18.4. The maximum absolute atomic E-state index is 11.9. The number of hydrogen-bond donors (Lipinski definition) is 2. The lowest BCUT2D eigenvalue weighted by atomic mass is 9.91. The van der Waals surface area contributed by atoms with E-state index in [-0.39, 0.29) is 12.5 Å². The van der Waals surface area contributed by atoms with Gasteiger partial charge in [-0.25, -0.2) is 4.98 Å². The Morgan fingerprint density at radius 2 is 2.15 bits per heavy atom. The second-order valence-corrected chi connectivity index (χ2v) is 8.15. The van der Waals surface area contributed by atoms with E-state index >= 15 is 0 Å². The van der Waals surface area contributed by atoms with Crippen LogP contribution in [0.25, 0.3) is 11.0 Å². The van der Waals surface area contributed by atoms with E-state index in [4.69, 9.17) is 0 Å². The normalized spacial score (nSPS) is 24.4. The van der Waals surface area contributed by atoms with Crippen molar-refractivity contribution < 1.29 is 9.90 Å². The highest BCUT2D eigenvalue weighted by Gasteiger charge is 2.28. The molecule has 2 aliphatic rings. The number of carbonyl (C=O) groups excluding carboxylic acids is 1. The van der Waals surface area contributed by atoms with Crippen molar-refractivity contribution in [3.8, 4) is 0 Å². The van der Waals surface area contributed by atoms with Crippen molar-refractivity contribution in [3.63, 3.8) is 0 Å². The summed E-state index contributed by atoms with van der Waals surface area (Å²) in [5.41, 5.74) is 3.52. The van der Waals surface area contributed by atoms with E-state index in [0.29, 0.717) is 11.8 Å². The van der Waals surface area contributed by atoms with Gasteiger partial charge in [0.1, 0.15) is 5.65 Å². The van der Waals surface area contributed by atoms with Crippen molar-refractivity contribution in [2.75, 3.05) is 32.8 Å². The van der Waals surface area contributed by atoms with Crippen molar-refractivity contribution in [3.05, 3.63) is 29.6 Å². The Labute approximate surface area is 160 Å². The molecule has 0 spiro atoms. The van der Waals surface area contributed by atoms with Gasteiger partial charge in [-0.15, -0.1) is 0 Å². The highest BCUT2D eigenvalue weighted by molar-refractivity contribution is 5.81. The number of fused-ring (bicyclic) bond motifs is 1. The van der Waals surface area contributed by atoms with Crippen LogP contribution < -0.4 is 0 Å². The zero-order valence-corrected chi connectivity index (χ0v) is 16.2. The number of carbonyl (C=O) groups is 1. The van der Waals surface area contributed by atoms with Crippen LogP contribution in [0.1, 0.15) is 49.8 Å².